The van der Waals surface area contributed by atoms with Crippen molar-refractivity contribution in [1.29, 1.82) is 0 Å². The Balaban J connectivity index is 0.000000270. The third-order valence-electron chi connectivity index (χ3n) is 5.99. The predicted molar refractivity (Wildman–Crippen MR) is 168 cm³/mol. The summed E-state index contributed by atoms with van der Waals surface area (Å²) in [6.07, 6.45) is -4.35. The fraction of sp³-hybridized carbons (Fsp3) is 0.0588. The first kappa shape index (κ1) is 47.2. The number of pyridine rings is 4. The van der Waals surface area contributed by atoms with Crippen LogP contribution in [0, 0.1) is 35.4 Å². The largest absolute Gasteiger partial charge is 3.00 e. The molecule has 56 heavy (non-hydrogen) atoms. The molecule has 0 amide bonds. The summed E-state index contributed by atoms with van der Waals surface area (Å²) in [5, 5.41) is 0. The smallest absolute Gasteiger partial charge is 0.305 e. The van der Waals surface area contributed by atoms with Gasteiger partial charge < -0.3 is 9.97 Å². The summed E-state index contributed by atoms with van der Waals surface area (Å²) in [5.74, 6) is -2.57. The zero-order valence-electron chi connectivity index (χ0n) is 27.0. The fourth-order valence-corrected chi connectivity index (χ4v) is 3.80. The van der Waals surface area contributed by atoms with Gasteiger partial charge in [0.05, 0.1) is 22.5 Å². The Morgan fingerprint density at radius 2 is 0.768 bits per heavy atom. The van der Waals surface area contributed by atoms with Crippen LogP contribution in [0.2, 0.25) is 0 Å². The van der Waals surface area contributed by atoms with Crippen LogP contribution in [0.15, 0.2) is 110 Å². The van der Waals surface area contributed by atoms with E-state index in [9.17, 15) is 69.1 Å². The van der Waals surface area contributed by atoms with Crippen molar-refractivity contribution in [2.75, 3.05) is 0 Å². The van der Waals surface area contributed by atoms with Gasteiger partial charge in [0.1, 0.15) is 0 Å². The van der Waals surface area contributed by atoms with E-state index in [1.165, 1.54) is 0 Å². The second-order valence-electron chi connectivity index (χ2n) is 10.3. The van der Waals surface area contributed by atoms with Gasteiger partial charge in [0, 0.05) is 48.1 Å². The van der Waals surface area contributed by atoms with Crippen LogP contribution in [-0.2, 0) is 32.5 Å². The van der Waals surface area contributed by atoms with E-state index in [2.05, 4.69) is 32.1 Å². The summed E-state index contributed by atoms with van der Waals surface area (Å²) in [5.41, 5.74) is -1.27. The molecule has 300 valence electrons. The first-order chi connectivity index (χ1) is 25.2. The first-order valence-electron chi connectivity index (χ1n) is 14.4. The van der Waals surface area contributed by atoms with Crippen LogP contribution in [0.4, 0.5) is 69.1 Å². The Labute approximate surface area is 318 Å². The van der Waals surface area contributed by atoms with E-state index in [1.807, 2.05) is 0 Å². The zero-order valence-corrected chi connectivity index (χ0v) is 30.3. The Morgan fingerprint density at radius 1 is 0.446 bits per heavy atom. The van der Waals surface area contributed by atoms with E-state index >= 15 is 0 Å². The minimum atomic E-state index is -10.7. The Hall–Kier alpha value is -5.00. The maximum Gasteiger partial charge on any atom is 3.00 e. The normalized spacial score (nSPS) is 12.4. The minimum absolute atomic E-state index is 0. The number of aromatic nitrogens is 4. The van der Waals surface area contributed by atoms with E-state index in [0.717, 1.165) is 48.8 Å². The van der Waals surface area contributed by atoms with Gasteiger partial charge >= 0.3 is 65.4 Å². The molecule has 0 aliphatic carbocycles. The molecule has 0 atom stereocenters. The summed E-state index contributed by atoms with van der Waals surface area (Å²) >= 11 is 0. The van der Waals surface area contributed by atoms with Gasteiger partial charge in [0.25, 0.3) is 0 Å². The van der Waals surface area contributed by atoms with Crippen LogP contribution in [0.3, 0.4) is 0 Å². The molecule has 0 spiro atoms. The Kier molecular flexibility index (Phi) is 15.0. The van der Waals surface area contributed by atoms with E-state index in [-0.39, 0.29) is 42.6 Å². The number of nitrogens with zero attached hydrogens (tertiary/aromatic N) is 4. The quantitative estimate of drug-likeness (QED) is 0.101. The van der Waals surface area contributed by atoms with E-state index in [0.29, 0.717) is 23.5 Å². The third kappa shape index (κ3) is 17.2. The van der Waals surface area contributed by atoms with Gasteiger partial charge in [0.15, 0.2) is 0 Å². The number of alkyl halides is 6. The molecule has 0 unspecified atom stereocenters. The average Bonchev–Trinajstić information content (AvgIpc) is 3.08. The molecule has 2 aromatic carbocycles. The molecule has 6 aromatic rings. The summed E-state index contributed by atoms with van der Waals surface area (Å²) < 4.78 is 186. The monoisotopic (exact) mass is 1010 g/mol. The SMILES string of the molecule is FC(F)(F)c1ccnc(-c2cc(C(F)(F)F)ccn2)c1.F[P-](F)(F)(F)(F)F.Fc1c[c-]c(-c2ccccn2)c(F)c1.Fc1c[c-]c(-c2ccccn2)c(F)c1.[Ir+3]. The molecule has 0 fully saturated rings. The van der Waals surface area contributed by atoms with Crippen LogP contribution in [0.5, 0.6) is 0 Å². The van der Waals surface area contributed by atoms with Crippen LogP contribution >= 0.6 is 7.81 Å². The van der Waals surface area contributed by atoms with Crippen LogP contribution in [0.25, 0.3) is 33.9 Å². The zero-order chi connectivity index (χ0) is 41.3. The third-order valence-corrected chi connectivity index (χ3v) is 5.99. The maximum absolute atomic E-state index is 13.2. The molecule has 0 saturated heterocycles. The van der Waals surface area contributed by atoms with Gasteiger partial charge in [0.2, 0.25) is 0 Å². The summed E-state index contributed by atoms with van der Waals surface area (Å²) in [4.78, 5) is 15.1. The maximum atomic E-state index is 13.2. The molecule has 4 nitrogen and oxygen atoms in total. The van der Waals surface area contributed by atoms with Crippen molar-refractivity contribution in [3.8, 4) is 33.9 Å². The molecule has 6 rings (SSSR count). The molecule has 22 heteroatoms. The topological polar surface area (TPSA) is 51.6 Å². The van der Waals surface area contributed by atoms with Crippen molar-refractivity contribution in [3.05, 3.63) is 156 Å². The summed E-state index contributed by atoms with van der Waals surface area (Å²) in [6.45, 7) is 0. The molecule has 0 aliphatic heterocycles. The predicted octanol–water partition coefficient (Wildman–Crippen LogP) is 13.2. The second-order valence-corrected chi connectivity index (χ2v) is 12.2. The van der Waals surface area contributed by atoms with Crippen molar-refractivity contribution in [3.63, 3.8) is 0 Å². The number of hydrogen-bond acceptors (Lipinski definition) is 4. The van der Waals surface area contributed by atoms with Crippen molar-refractivity contribution in [2.24, 2.45) is 0 Å². The number of hydrogen-bond donors (Lipinski definition) is 0. The van der Waals surface area contributed by atoms with Crippen molar-refractivity contribution in [1.82, 2.24) is 19.9 Å². The van der Waals surface area contributed by atoms with Gasteiger partial charge in [-0.25, -0.2) is 0 Å². The molecule has 4 aromatic heterocycles. The van der Waals surface area contributed by atoms with Crippen LogP contribution in [-0.4, -0.2) is 19.9 Å². The van der Waals surface area contributed by atoms with Crippen molar-refractivity contribution < 1.29 is 89.2 Å². The van der Waals surface area contributed by atoms with Crippen LogP contribution < -0.4 is 0 Å². The van der Waals surface area contributed by atoms with Gasteiger partial charge in [-0.15, -0.1) is 24.3 Å². The fourth-order valence-electron chi connectivity index (χ4n) is 3.80. The van der Waals surface area contributed by atoms with E-state index < -0.39 is 54.6 Å². The van der Waals surface area contributed by atoms with Crippen molar-refractivity contribution >= 4 is 7.81 Å². The average molecular weight is 1010 g/mol. The molecule has 0 N–H and O–H groups in total. The molecule has 4 heterocycles. The van der Waals surface area contributed by atoms with Crippen LogP contribution in [0.1, 0.15) is 11.1 Å². The molecule has 0 bridgehead atoms. The van der Waals surface area contributed by atoms with E-state index in [1.54, 1.807) is 48.8 Å². The standard InChI is InChI=1S/C12H6F6N2.2C11H6F2N.F6P.Ir/c13-11(14,15)7-1-3-19-9(5-7)10-6-8(2-4-20-10)12(16,17)18;2*12-8-4-5-9(10(13)7-8)11-3-1-2-6-14-11;1-7(2,3,4,5)6;/h1-6H;2*1-4,6-7H;;/q;3*-1;+3. The Morgan fingerprint density at radius 3 is 1.04 bits per heavy atom. The number of rotatable bonds is 3. The first-order valence-corrected chi connectivity index (χ1v) is 16.4. The molecule has 0 saturated carbocycles. The summed E-state index contributed by atoms with van der Waals surface area (Å²) in [7, 11) is -10.7. The van der Waals surface area contributed by atoms with Gasteiger partial charge in [-0.1, -0.05) is 47.5 Å². The van der Waals surface area contributed by atoms with Gasteiger partial charge in [-0.05, 0) is 47.8 Å². The molecule has 0 radical (unpaired) electrons. The van der Waals surface area contributed by atoms with E-state index in [4.69, 9.17) is 0 Å². The Bertz CT molecular complexity index is 2030. The van der Waals surface area contributed by atoms with Crippen molar-refractivity contribution in [2.45, 2.75) is 12.4 Å². The minimum Gasteiger partial charge on any atom is -0.305 e. The summed E-state index contributed by atoms with van der Waals surface area (Å²) in [6, 6.07) is 21.8. The molecule has 0 aliphatic rings. The second kappa shape index (κ2) is 17.9. The van der Waals surface area contributed by atoms with Gasteiger partial charge in [-0.2, -0.15) is 26.3 Å². The number of benzene rings is 2. The molecular weight excluding hydrogens is 992 g/mol. The number of halogens is 16. The van der Waals surface area contributed by atoms with Gasteiger partial charge in [-0.3, -0.25) is 27.5 Å². The molecular formula is C34H18F16IrN4P.